The predicted molar refractivity (Wildman–Crippen MR) is 55.9 cm³/mol. The molecule has 0 rings (SSSR count). The molecule has 0 spiro atoms. The molecule has 0 N–H and O–H groups in total. The van der Waals surface area contributed by atoms with Crippen molar-refractivity contribution >= 4 is 16.1 Å². The van der Waals surface area contributed by atoms with Gasteiger partial charge in [-0.2, -0.15) is 17.6 Å². The smallest absolute Gasteiger partial charge is 0.396 e. The van der Waals surface area contributed by atoms with Gasteiger partial charge in [-0.15, -0.1) is 0 Å². The van der Waals surface area contributed by atoms with Crippen LogP contribution >= 0.6 is 0 Å². The number of ether oxygens (including phenoxy) is 2. The predicted octanol–water partition coefficient (Wildman–Crippen LogP) is 1.24. The molecule has 0 aliphatic rings. The second kappa shape index (κ2) is 6.50. The molecular weight excluding hydrogens is 312 g/mol. The summed E-state index contributed by atoms with van der Waals surface area (Å²) in [6.45, 7) is 2.64. The van der Waals surface area contributed by atoms with E-state index in [-0.39, 0.29) is 5.57 Å². The highest BCUT2D eigenvalue weighted by Gasteiger charge is 2.61. The lowest BCUT2D eigenvalue weighted by Gasteiger charge is -2.28. The highest BCUT2D eigenvalue weighted by molar-refractivity contribution is 7.86. The van der Waals surface area contributed by atoms with Crippen LogP contribution in [0.25, 0.3) is 0 Å². The van der Waals surface area contributed by atoms with Crippen molar-refractivity contribution in [3.63, 3.8) is 0 Å². The maximum atomic E-state index is 12.9. The number of esters is 1. The van der Waals surface area contributed by atoms with Gasteiger partial charge in [-0.25, -0.2) is 13.2 Å². The van der Waals surface area contributed by atoms with E-state index in [9.17, 15) is 35.3 Å². The minimum atomic E-state index is -6.51. The first-order chi connectivity index (χ1) is 8.83. The summed E-state index contributed by atoms with van der Waals surface area (Å²) in [4.78, 5) is 10.8. The Kier molecular flexibility index (Phi) is 6.11. The molecule has 0 aromatic rings. The van der Waals surface area contributed by atoms with Crippen LogP contribution in [0.2, 0.25) is 0 Å². The fourth-order valence-corrected chi connectivity index (χ4v) is 1.27. The number of alkyl halides is 4. The summed E-state index contributed by atoms with van der Waals surface area (Å²) in [5.74, 6) is -5.99. The van der Waals surface area contributed by atoms with Crippen LogP contribution in [-0.4, -0.2) is 43.5 Å². The van der Waals surface area contributed by atoms with E-state index in [2.05, 4.69) is 16.1 Å². The quantitative estimate of drug-likeness (QED) is 0.167. The molecule has 0 amide bonds. The van der Waals surface area contributed by atoms with Crippen molar-refractivity contribution in [3.05, 3.63) is 12.2 Å². The maximum absolute atomic E-state index is 12.9. The van der Waals surface area contributed by atoms with Crippen molar-refractivity contribution < 1.29 is 44.8 Å². The van der Waals surface area contributed by atoms with Gasteiger partial charge in [0.2, 0.25) is 0 Å². The van der Waals surface area contributed by atoms with Gasteiger partial charge in [-0.1, -0.05) is 6.58 Å². The lowest BCUT2D eigenvalue weighted by molar-refractivity contribution is -0.178. The first-order valence-electron chi connectivity index (χ1n) is 4.94. The first-order valence-corrected chi connectivity index (χ1v) is 6.35. The molecule has 20 heavy (non-hydrogen) atoms. The molecule has 0 aromatic carbocycles. The third-order valence-corrected chi connectivity index (χ3v) is 2.85. The molecule has 0 radical (unpaired) electrons. The Bertz CT molecular complexity index is 473. The van der Waals surface area contributed by atoms with E-state index in [1.165, 1.54) is 6.92 Å². The minimum Gasteiger partial charge on any atom is -0.743 e. The van der Waals surface area contributed by atoms with Gasteiger partial charge in [-0.05, 0) is 6.92 Å². The fraction of sp³-hybridized carbons (Fsp3) is 0.667. The molecule has 0 atom stereocenters. The average Bonchev–Trinajstić information content (AvgIpc) is 2.26. The maximum Gasteiger partial charge on any atom is 0.396 e. The van der Waals surface area contributed by atoms with Crippen molar-refractivity contribution in [2.24, 2.45) is 0 Å². The molecule has 118 valence electrons. The average molecular weight is 323 g/mol. The third-order valence-electron chi connectivity index (χ3n) is 1.92. The normalized spacial score (nSPS) is 13.1. The number of carbonyl (C=O) groups is 1. The molecule has 0 aliphatic carbocycles. The van der Waals surface area contributed by atoms with Crippen LogP contribution in [0.15, 0.2) is 12.2 Å². The van der Waals surface area contributed by atoms with Crippen LogP contribution in [0.4, 0.5) is 17.6 Å². The molecule has 0 fully saturated rings. The molecular formula is C9H11F4O6S-. The second-order valence-electron chi connectivity index (χ2n) is 3.66. The van der Waals surface area contributed by atoms with E-state index >= 15 is 0 Å². The van der Waals surface area contributed by atoms with Gasteiger partial charge >= 0.3 is 17.1 Å². The van der Waals surface area contributed by atoms with Gasteiger partial charge in [-0.3, -0.25) is 0 Å². The van der Waals surface area contributed by atoms with Crippen LogP contribution in [-0.2, 0) is 24.4 Å². The lowest BCUT2D eigenvalue weighted by atomic mass is 10.2. The molecule has 0 saturated carbocycles. The molecule has 0 aliphatic heterocycles. The van der Waals surface area contributed by atoms with Gasteiger partial charge in [0.1, 0.15) is 0 Å². The number of halogens is 4. The van der Waals surface area contributed by atoms with Gasteiger partial charge in [0, 0.05) is 12.0 Å². The zero-order valence-electron chi connectivity index (χ0n) is 10.2. The van der Waals surface area contributed by atoms with Crippen molar-refractivity contribution in [2.45, 2.75) is 24.5 Å². The fourth-order valence-electron chi connectivity index (χ4n) is 0.806. The first kappa shape index (κ1) is 18.8. The van der Waals surface area contributed by atoms with E-state index in [1.54, 1.807) is 0 Å². The Morgan fingerprint density at radius 1 is 1.30 bits per heavy atom. The minimum absolute atomic E-state index is 0.00270. The Labute approximate surface area is 112 Å². The highest BCUT2D eigenvalue weighted by atomic mass is 32.2. The Hall–Kier alpha value is -1.20. The summed E-state index contributed by atoms with van der Waals surface area (Å²) in [5, 5.41) is -5.75. The lowest BCUT2D eigenvalue weighted by Crippen LogP contribution is -2.47. The number of hydrogen-bond donors (Lipinski definition) is 0. The Balaban J connectivity index is 4.32. The largest absolute Gasteiger partial charge is 0.743 e. The van der Waals surface area contributed by atoms with E-state index in [4.69, 9.17) is 0 Å². The molecule has 11 heteroatoms. The van der Waals surface area contributed by atoms with Crippen LogP contribution < -0.4 is 0 Å². The number of rotatable bonds is 8. The number of hydrogen-bond acceptors (Lipinski definition) is 6. The van der Waals surface area contributed by atoms with Gasteiger partial charge in [0.25, 0.3) is 0 Å². The van der Waals surface area contributed by atoms with E-state index in [1.807, 2.05) is 0 Å². The monoisotopic (exact) mass is 323 g/mol. The van der Waals surface area contributed by atoms with Crippen molar-refractivity contribution in [3.8, 4) is 0 Å². The third kappa shape index (κ3) is 4.72. The topological polar surface area (TPSA) is 92.7 Å². The van der Waals surface area contributed by atoms with Gasteiger partial charge in [0.15, 0.2) is 16.9 Å². The second-order valence-corrected chi connectivity index (χ2v) is 5.08. The summed E-state index contributed by atoms with van der Waals surface area (Å²) in [5.41, 5.74) is 0.00270. The molecule has 0 saturated heterocycles. The highest BCUT2D eigenvalue weighted by Crippen LogP contribution is 2.40. The van der Waals surface area contributed by atoms with E-state index in [0.717, 1.165) is 0 Å². The Morgan fingerprint density at radius 3 is 2.20 bits per heavy atom. The summed E-state index contributed by atoms with van der Waals surface area (Å²) in [6, 6.07) is 0. The molecule has 6 nitrogen and oxygen atoms in total. The summed E-state index contributed by atoms with van der Waals surface area (Å²) in [7, 11) is -6.51. The molecule has 0 unspecified atom stereocenters. The zero-order valence-corrected chi connectivity index (χ0v) is 11.0. The zero-order chi connectivity index (χ0) is 16.2. The summed E-state index contributed by atoms with van der Waals surface area (Å²) < 4.78 is 89.8. The molecule has 0 aromatic heterocycles. The van der Waals surface area contributed by atoms with Crippen LogP contribution in [0.1, 0.15) is 13.3 Å². The summed E-state index contributed by atoms with van der Waals surface area (Å²) in [6.07, 6.45) is -1.74. The number of carbonyl (C=O) groups excluding carboxylic acids is 1. The van der Waals surface area contributed by atoms with Crippen molar-refractivity contribution in [2.75, 3.05) is 13.4 Å². The van der Waals surface area contributed by atoms with Crippen LogP contribution in [0.5, 0.6) is 0 Å². The van der Waals surface area contributed by atoms with Crippen molar-refractivity contribution in [1.29, 1.82) is 0 Å². The van der Waals surface area contributed by atoms with Gasteiger partial charge in [0.05, 0.1) is 6.61 Å². The van der Waals surface area contributed by atoms with E-state index < -0.39 is 47.1 Å². The SMILES string of the molecule is C=C(C)C(=O)OCOCCC(F)(F)C(F)(F)S(=O)(=O)[O-]. The van der Waals surface area contributed by atoms with Gasteiger partial charge < -0.3 is 14.0 Å². The summed E-state index contributed by atoms with van der Waals surface area (Å²) >= 11 is 0. The van der Waals surface area contributed by atoms with E-state index in [0.29, 0.717) is 0 Å². The molecule has 0 bridgehead atoms. The van der Waals surface area contributed by atoms with Crippen molar-refractivity contribution in [1.82, 2.24) is 0 Å². The standard InChI is InChI=1S/C9H12F4O6S/c1-6(2)7(14)19-5-18-4-3-8(10,11)9(12,13)20(15,16)17/h1,3-5H2,2H3,(H,15,16,17)/p-1. The van der Waals surface area contributed by atoms with Crippen LogP contribution in [0, 0.1) is 0 Å². The Morgan fingerprint density at radius 2 is 1.80 bits per heavy atom. The van der Waals surface area contributed by atoms with Crippen LogP contribution in [0.3, 0.4) is 0 Å². The molecule has 0 heterocycles.